The Morgan fingerprint density at radius 1 is 1.05 bits per heavy atom. The fraction of sp³-hybridized carbons (Fsp3) is 0.0323. The van der Waals surface area contributed by atoms with E-state index in [0.717, 1.165) is 10.9 Å². The predicted molar refractivity (Wildman–Crippen MR) is 166 cm³/mol. The molecule has 0 fully saturated rings. The molecule has 0 bridgehead atoms. The summed E-state index contributed by atoms with van der Waals surface area (Å²) in [6.45, 7) is 0.176. The number of aromatic carboxylic acids is 1. The molecule has 0 spiro atoms. The van der Waals surface area contributed by atoms with Gasteiger partial charge in [-0.3, -0.25) is 4.79 Å². The van der Waals surface area contributed by atoms with Crippen LogP contribution in [-0.4, -0.2) is 27.0 Å². The number of halogens is 3. The van der Waals surface area contributed by atoms with Crippen molar-refractivity contribution in [2.45, 2.75) is 6.61 Å². The van der Waals surface area contributed by atoms with Crippen LogP contribution in [0, 0.1) is 0 Å². The second-order valence-corrected chi connectivity index (χ2v) is 10.9. The summed E-state index contributed by atoms with van der Waals surface area (Å²) in [6, 6.07) is 23.8. The van der Waals surface area contributed by atoms with Crippen molar-refractivity contribution in [2.75, 3.05) is 0 Å². The number of furan rings is 1. The Kier molecular flexibility index (Phi) is 7.55. The van der Waals surface area contributed by atoms with Crippen LogP contribution in [0.2, 0.25) is 10.0 Å². The molecular formula is C31H18BrCl2N3O5. The normalized spacial score (nSPS) is 11.5. The van der Waals surface area contributed by atoms with Gasteiger partial charge in [0, 0.05) is 10.4 Å². The molecule has 0 saturated carbocycles. The third kappa shape index (κ3) is 5.54. The van der Waals surface area contributed by atoms with Gasteiger partial charge < -0.3 is 14.3 Å². The number of aromatic nitrogens is 2. The molecular weight excluding hydrogens is 645 g/mol. The Morgan fingerprint density at radius 3 is 2.60 bits per heavy atom. The molecule has 6 aromatic rings. The molecule has 4 aromatic carbocycles. The Balaban J connectivity index is 1.34. The summed E-state index contributed by atoms with van der Waals surface area (Å²) in [4.78, 5) is 29.3. The number of carbonyl (C=O) groups is 1. The minimum atomic E-state index is -0.998. The molecule has 0 aliphatic rings. The maximum atomic E-state index is 13.5. The summed E-state index contributed by atoms with van der Waals surface area (Å²) in [5.74, 6) is -0.0166. The lowest BCUT2D eigenvalue weighted by Gasteiger charge is -2.11. The molecule has 0 radical (unpaired) electrons. The Morgan fingerprint density at radius 2 is 1.83 bits per heavy atom. The van der Waals surface area contributed by atoms with Crippen LogP contribution in [0.5, 0.6) is 5.75 Å². The van der Waals surface area contributed by atoms with E-state index in [4.69, 9.17) is 37.5 Å². The summed E-state index contributed by atoms with van der Waals surface area (Å²) >= 11 is 16.2. The van der Waals surface area contributed by atoms with Crippen molar-refractivity contribution in [1.82, 2.24) is 9.66 Å². The van der Waals surface area contributed by atoms with Gasteiger partial charge in [-0.1, -0.05) is 47.5 Å². The molecule has 42 heavy (non-hydrogen) atoms. The number of fused-ring (bicyclic) bond motifs is 2. The van der Waals surface area contributed by atoms with Crippen molar-refractivity contribution in [3.8, 4) is 17.3 Å². The Labute approximate surface area is 256 Å². The molecule has 0 unspecified atom stereocenters. The highest BCUT2D eigenvalue weighted by atomic mass is 79.9. The van der Waals surface area contributed by atoms with Crippen molar-refractivity contribution >= 4 is 73.2 Å². The first-order valence-corrected chi connectivity index (χ1v) is 14.0. The minimum absolute atomic E-state index is 0.176. The highest BCUT2D eigenvalue weighted by molar-refractivity contribution is 9.10. The molecule has 0 atom stereocenters. The van der Waals surface area contributed by atoms with Crippen molar-refractivity contribution in [1.29, 1.82) is 0 Å². The zero-order chi connectivity index (χ0) is 29.4. The SMILES string of the molecule is O=C(O)c1ccc(COc2c(Cl)cc(C=Nn3c(-c4cc5cc(Cl)ccc5o4)nc4ccccc4c3=O)cc2Br)cc1. The first kappa shape index (κ1) is 27.7. The average molecular weight is 663 g/mol. The number of nitrogens with zero attached hydrogens (tertiary/aromatic N) is 3. The number of carboxylic acid groups (broad SMARTS) is 1. The van der Waals surface area contributed by atoms with Crippen LogP contribution in [0.15, 0.2) is 104 Å². The van der Waals surface area contributed by atoms with Gasteiger partial charge in [-0.25, -0.2) is 9.78 Å². The molecule has 8 nitrogen and oxygen atoms in total. The maximum absolute atomic E-state index is 13.5. The highest BCUT2D eigenvalue weighted by Crippen LogP contribution is 2.35. The molecule has 0 aliphatic heterocycles. The summed E-state index contributed by atoms with van der Waals surface area (Å²) in [6.07, 6.45) is 1.49. The predicted octanol–water partition coefficient (Wildman–Crippen LogP) is 8.04. The van der Waals surface area contributed by atoms with E-state index in [-0.39, 0.29) is 23.6 Å². The van der Waals surface area contributed by atoms with Crippen LogP contribution >= 0.6 is 39.1 Å². The number of carboxylic acids is 1. The van der Waals surface area contributed by atoms with Crippen LogP contribution in [0.3, 0.4) is 0 Å². The second-order valence-electron chi connectivity index (χ2n) is 9.21. The largest absolute Gasteiger partial charge is 0.486 e. The van der Waals surface area contributed by atoms with Gasteiger partial charge in [-0.2, -0.15) is 9.78 Å². The fourth-order valence-corrected chi connectivity index (χ4v) is 5.50. The van der Waals surface area contributed by atoms with E-state index >= 15 is 0 Å². The lowest BCUT2D eigenvalue weighted by Crippen LogP contribution is -2.20. The van der Waals surface area contributed by atoms with E-state index < -0.39 is 5.97 Å². The summed E-state index contributed by atoms with van der Waals surface area (Å²) in [7, 11) is 0. The number of ether oxygens (including phenoxy) is 1. The molecule has 2 heterocycles. The highest BCUT2D eigenvalue weighted by Gasteiger charge is 2.17. The van der Waals surface area contributed by atoms with Gasteiger partial charge in [0.05, 0.1) is 32.2 Å². The summed E-state index contributed by atoms with van der Waals surface area (Å²) in [5.41, 5.74) is 2.29. The van der Waals surface area contributed by atoms with Gasteiger partial charge in [0.2, 0.25) is 5.82 Å². The molecule has 6 rings (SSSR count). The topological polar surface area (TPSA) is 107 Å². The smallest absolute Gasteiger partial charge is 0.335 e. The molecule has 2 aromatic heterocycles. The van der Waals surface area contributed by atoms with Crippen molar-refractivity contribution in [2.24, 2.45) is 5.10 Å². The molecule has 0 saturated heterocycles. The van der Waals surface area contributed by atoms with Crippen molar-refractivity contribution in [3.63, 3.8) is 0 Å². The van der Waals surface area contributed by atoms with E-state index in [1.54, 1.807) is 72.8 Å². The van der Waals surface area contributed by atoms with Crippen molar-refractivity contribution < 1.29 is 19.1 Å². The van der Waals surface area contributed by atoms with E-state index in [0.29, 0.717) is 48.1 Å². The second kappa shape index (κ2) is 11.4. The van der Waals surface area contributed by atoms with Gasteiger partial charge in [0.25, 0.3) is 5.56 Å². The van der Waals surface area contributed by atoms with Gasteiger partial charge in [0.15, 0.2) is 11.5 Å². The van der Waals surface area contributed by atoms with E-state index in [1.807, 2.05) is 0 Å². The van der Waals surface area contributed by atoms with Crippen molar-refractivity contribution in [3.05, 3.63) is 126 Å². The number of hydrogen-bond acceptors (Lipinski definition) is 6. The Bertz CT molecular complexity index is 2060. The lowest BCUT2D eigenvalue weighted by atomic mass is 10.1. The Hall–Kier alpha value is -4.44. The van der Waals surface area contributed by atoms with E-state index in [9.17, 15) is 9.59 Å². The van der Waals surface area contributed by atoms with E-state index in [1.165, 1.54) is 23.0 Å². The minimum Gasteiger partial charge on any atom is -0.486 e. The fourth-order valence-electron chi connectivity index (χ4n) is 4.33. The molecule has 11 heteroatoms. The number of para-hydroxylation sites is 1. The number of hydrogen-bond donors (Lipinski definition) is 1. The maximum Gasteiger partial charge on any atom is 0.335 e. The average Bonchev–Trinajstić information content (AvgIpc) is 3.39. The van der Waals surface area contributed by atoms with Crippen LogP contribution in [0.4, 0.5) is 0 Å². The van der Waals surface area contributed by atoms with Crippen LogP contribution in [0.1, 0.15) is 21.5 Å². The number of rotatable bonds is 7. The first-order chi connectivity index (χ1) is 20.3. The van der Waals surface area contributed by atoms with Crippen LogP contribution in [0.25, 0.3) is 33.5 Å². The van der Waals surface area contributed by atoms with Gasteiger partial charge in [-0.05, 0) is 87.7 Å². The standard InChI is InChI=1S/C31H18BrCl2N3O5/c32-23-11-18(12-24(34)28(23)41-16-17-5-7-19(8-6-17)31(39)40)15-35-37-29(36-25-4-2-1-3-22(25)30(37)38)27-14-20-13-21(33)9-10-26(20)42-27/h1-15H,16H2,(H,39,40). The van der Waals surface area contributed by atoms with Gasteiger partial charge in [-0.15, -0.1) is 0 Å². The van der Waals surface area contributed by atoms with E-state index in [2.05, 4.69) is 26.0 Å². The first-order valence-electron chi connectivity index (χ1n) is 12.5. The monoisotopic (exact) mass is 661 g/mol. The zero-order valence-electron chi connectivity index (χ0n) is 21.4. The lowest BCUT2D eigenvalue weighted by molar-refractivity contribution is 0.0697. The molecule has 1 N–H and O–H groups in total. The summed E-state index contributed by atoms with van der Waals surface area (Å²) in [5, 5.41) is 15.6. The molecule has 208 valence electrons. The van der Waals surface area contributed by atoms with Gasteiger partial charge in [0.1, 0.15) is 12.2 Å². The summed E-state index contributed by atoms with van der Waals surface area (Å²) < 4.78 is 13.7. The molecule has 0 amide bonds. The molecule has 0 aliphatic carbocycles. The number of benzene rings is 4. The quantitative estimate of drug-likeness (QED) is 0.173. The van der Waals surface area contributed by atoms with Crippen LogP contribution in [-0.2, 0) is 6.61 Å². The van der Waals surface area contributed by atoms with Crippen LogP contribution < -0.4 is 10.3 Å². The van der Waals surface area contributed by atoms with Gasteiger partial charge >= 0.3 is 5.97 Å². The third-order valence-electron chi connectivity index (χ3n) is 6.38. The third-order valence-corrected chi connectivity index (χ3v) is 7.48. The zero-order valence-corrected chi connectivity index (χ0v) is 24.5.